The molecule has 3 aliphatic rings. The molecule has 8 heteroatoms. The van der Waals surface area contributed by atoms with Gasteiger partial charge in [-0.3, -0.25) is 19.3 Å². The van der Waals surface area contributed by atoms with Crippen LogP contribution in [-0.4, -0.2) is 76.2 Å². The third-order valence-electron chi connectivity index (χ3n) is 7.21. The number of hydrogen-bond acceptors (Lipinski definition) is 4. The van der Waals surface area contributed by atoms with E-state index < -0.39 is 5.54 Å². The van der Waals surface area contributed by atoms with Crippen LogP contribution < -0.4 is 5.32 Å². The van der Waals surface area contributed by atoms with Crippen LogP contribution in [0.1, 0.15) is 57.4 Å². The minimum atomic E-state index is -0.925. The summed E-state index contributed by atoms with van der Waals surface area (Å²) < 4.78 is 0. The molecule has 0 aromatic heterocycles. The Morgan fingerprint density at radius 3 is 2.44 bits per heavy atom. The molecule has 3 heterocycles. The van der Waals surface area contributed by atoms with Gasteiger partial charge in [0.05, 0.1) is 12.0 Å². The lowest BCUT2D eigenvalue weighted by Crippen LogP contribution is -2.57. The van der Waals surface area contributed by atoms with Crippen LogP contribution in [0.15, 0.2) is 30.3 Å². The second kappa shape index (κ2) is 8.92. The summed E-state index contributed by atoms with van der Waals surface area (Å²) in [5.41, 5.74) is 0.0348. The summed E-state index contributed by atoms with van der Waals surface area (Å²) >= 11 is 0. The van der Waals surface area contributed by atoms with Gasteiger partial charge in [0.25, 0.3) is 5.91 Å². The maximum absolute atomic E-state index is 13.4. The zero-order chi connectivity index (χ0) is 22.9. The molecule has 0 aliphatic carbocycles. The predicted octanol–water partition coefficient (Wildman–Crippen LogP) is 2.10. The van der Waals surface area contributed by atoms with Gasteiger partial charge in [-0.2, -0.15) is 0 Å². The Morgan fingerprint density at radius 2 is 1.78 bits per heavy atom. The van der Waals surface area contributed by atoms with Crippen LogP contribution in [0.4, 0.5) is 4.79 Å². The van der Waals surface area contributed by atoms with Gasteiger partial charge < -0.3 is 15.1 Å². The standard InChI is InChI=1S/C24H32N4O4/c1-3-20(29)26-14-11-24(12-15-26)22(31)28(23(32)25-24)19-10-7-13-27(16-19)21(30)17(2)18-8-5-4-6-9-18/h4-6,8-9,17,19H,3,7,10-16H2,1-2H3,(H,25,32)/t17-,19-/m0/s1. The molecule has 0 saturated carbocycles. The van der Waals surface area contributed by atoms with Gasteiger partial charge in [-0.05, 0) is 38.2 Å². The van der Waals surface area contributed by atoms with Crippen LogP contribution >= 0.6 is 0 Å². The van der Waals surface area contributed by atoms with Gasteiger partial charge in [0.2, 0.25) is 11.8 Å². The number of hydrogen-bond donors (Lipinski definition) is 1. The van der Waals surface area contributed by atoms with Gasteiger partial charge >= 0.3 is 6.03 Å². The van der Waals surface area contributed by atoms with Crippen LogP contribution in [-0.2, 0) is 14.4 Å². The van der Waals surface area contributed by atoms with E-state index in [0.29, 0.717) is 51.9 Å². The zero-order valence-corrected chi connectivity index (χ0v) is 18.9. The highest BCUT2D eigenvalue weighted by molar-refractivity contribution is 6.07. The summed E-state index contributed by atoms with van der Waals surface area (Å²) in [6.07, 6.45) is 2.74. The van der Waals surface area contributed by atoms with Crippen LogP contribution in [0.5, 0.6) is 0 Å². The Bertz CT molecular complexity index is 895. The molecular formula is C24H32N4O4. The molecule has 8 nitrogen and oxygen atoms in total. The van der Waals surface area contributed by atoms with Gasteiger partial charge in [0.1, 0.15) is 5.54 Å². The third kappa shape index (κ3) is 3.98. The minimum Gasteiger partial charge on any atom is -0.343 e. The lowest BCUT2D eigenvalue weighted by atomic mass is 9.87. The van der Waals surface area contributed by atoms with Crippen molar-refractivity contribution in [3.8, 4) is 0 Å². The number of benzene rings is 1. The highest BCUT2D eigenvalue weighted by Gasteiger charge is 2.54. The summed E-state index contributed by atoms with van der Waals surface area (Å²) in [4.78, 5) is 56.3. The fourth-order valence-electron chi connectivity index (χ4n) is 5.20. The van der Waals surface area contributed by atoms with Gasteiger partial charge in [-0.1, -0.05) is 37.3 Å². The number of imide groups is 1. The first-order chi connectivity index (χ1) is 15.4. The van der Waals surface area contributed by atoms with Crippen molar-refractivity contribution in [2.45, 2.75) is 63.5 Å². The first kappa shape index (κ1) is 22.3. The molecule has 1 aromatic rings. The van der Waals surface area contributed by atoms with Crippen molar-refractivity contribution in [2.75, 3.05) is 26.2 Å². The van der Waals surface area contributed by atoms with Crippen LogP contribution in [0, 0.1) is 0 Å². The number of carbonyl (C=O) groups excluding carboxylic acids is 4. The van der Waals surface area contributed by atoms with E-state index in [1.165, 1.54) is 4.90 Å². The lowest BCUT2D eigenvalue weighted by molar-refractivity contribution is -0.141. The number of nitrogens with zero attached hydrogens (tertiary/aromatic N) is 3. The van der Waals surface area contributed by atoms with E-state index in [1.807, 2.05) is 44.2 Å². The van der Waals surface area contributed by atoms with Crippen LogP contribution in [0.25, 0.3) is 0 Å². The monoisotopic (exact) mass is 440 g/mol. The van der Waals surface area contributed by atoms with Gasteiger partial charge in [-0.25, -0.2) is 4.79 Å². The Morgan fingerprint density at radius 1 is 1.09 bits per heavy atom. The van der Waals surface area contributed by atoms with Crippen LogP contribution in [0.3, 0.4) is 0 Å². The number of amides is 5. The Labute approximate surface area is 188 Å². The second-order valence-corrected chi connectivity index (χ2v) is 9.13. The molecule has 3 fully saturated rings. The molecule has 1 N–H and O–H groups in total. The normalized spacial score (nSPS) is 23.9. The first-order valence-electron chi connectivity index (χ1n) is 11.6. The summed E-state index contributed by atoms with van der Waals surface area (Å²) in [5, 5.41) is 2.93. The topological polar surface area (TPSA) is 90.0 Å². The van der Waals surface area contributed by atoms with Crippen LogP contribution in [0.2, 0.25) is 0 Å². The Hall–Kier alpha value is -2.90. The van der Waals surface area contributed by atoms with E-state index in [4.69, 9.17) is 0 Å². The van der Waals surface area contributed by atoms with Gasteiger partial charge in [0.15, 0.2) is 0 Å². The van der Waals surface area contributed by atoms with E-state index in [1.54, 1.807) is 9.80 Å². The first-order valence-corrected chi connectivity index (χ1v) is 11.6. The third-order valence-corrected chi connectivity index (χ3v) is 7.21. The molecule has 0 bridgehead atoms. The quantitative estimate of drug-likeness (QED) is 0.726. The highest BCUT2D eigenvalue weighted by Crippen LogP contribution is 2.33. The molecule has 32 heavy (non-hydrogen) atoms. The molecule has 3 aliphatic heterocycles. The predicted molar refractivity (Wildman–Crippen MR) is 119 cm³/mol. The fourth-order valence-corrected chi connectivity index (χ4v) is 5.20. The van der Waals surface area contributed by atoms with E-state index in [9.17, 15) is 19.2 Å². The van der Waals surface area contributed by atoms with E-state index >= 15 is 0 Å². The summed E-state index contributed by atoms with van der Waals surface area (Å²) in [6.45, 7) is 5.66. The maximum Gasteiger partial charge on any atom is 0.325 e. The molecule has 4 rings (SSSR count). The van der Waals surface area contributed by atoms with Crippen molar-refractivity contribution in [1.82, 2.24) is 20.0 Å². The molecular weight excluding hydrogens is 408 g/mol. The summed E-state index contributed by atoms with van der Waals surface area (Å²) in [7, 11) is 0. The fraction of sp³-hybridized carbons (Fsp3) is 0.583. The average Bonchev–Trinajstić information content (AvgIpc) is 3.07. The Kier molecular flexibility index (Phi) is 6.22. The second-order valence-electron chi connectivity index (χ2n) is 9.13. The molecule has 172 valence electrons. The molecule has 1 spiro atoms. The minimum absolute atomic E-state index is 0.0223. The molecule has 1 aromatic carbocycles. The van der Waals surface area contributed by atoms with E-state index in [2.05, 4.69) is 5.32 Å². The van der Waals surface area contributed by atoms with Crippen molar-refractivity contribution in [3.05, 3.63) is 35.9 Å². The number of rotatable bonds is 4. The number of nitrogens with one attached hydrogen (secondary N) is 1. The highest BCUT2D eigenvalue weighted by atomic mass is 16.2. The summed E-state index contributed by atoms with van der Waals surface area (Å²) in [5.74, 6) is -0.386. The van der Waals surface area contributed by atoms with Gasteiger partial charge in [-0.15, -0.1) is 0 Å². The largest absolute Gasteiger partial charge is 0.343 e. The Balaban J connectivity index is 1.43. The number of piperidine rings is 2. The molecule has 0 unspecified atom stereocenters. The van der Waals surface area contributed by atoms with Gasteiger partial charge in [0, 0.05) is 32.6 Å². The van der Waals surface area contributed by atoms with Crippen molar-refractivity contribution >= 4 is 23.8 Å². The molecule has 2 atom stereocenters. The van der Waals surface area contributed by atoms with E-state index in [0.717, 1.165) is 12.0 Å². The number of urea groups is 1. The zero-order valence-electron chi connectivity index (χ0n) is 18.9. The summed E-state index contributed by atoms with van der Waals surface area (Å²) in [6, 6.07) is 8.96. The maximum atomic E-state index is 13.4. The molecule has 0 radical (unpaired) electrons. The lowest BCUT2D eigenvalue weighted by Gasteiger charge is -2.39. The number of carbonyl (C=O) groups is 4. The molecule has 3 saturated heterocycles. The smallest absolute Gasteiger partial charge is 0.325 e. The average molecular weight is 441 g/mol. The van der Waals surface area contributed by atoms with Crippen molar-refractivity contribution in [2.24, 2.45) is 0 Å². The van der Waals surface area contributed by atoms with E-state index in [-0.39, 0.29) is 35.7 Å². The van der Waals surface area contributed by atoms with Crippen molar-refractivity contribution in [1.29, 1.82) is 0 Å². The molecule has 5 amide bonds. The van der Waals surface area contributed by atoms with Crippen molar-refractivity contribution in [3.63, 3.8) is 0 Å². The SMILES string of the molecule is CCC(=O)N1CCC2(CC1)NC(=O)N([C@H]1CCCN(C(=O)[C@@H](C)c3ccccc3)C1)C2=O. The van der Waals surface area contributed by atoms with Crippen molar-refractivity contribution < 1.29 is 19.2 Å². The number of likely N-dealkylation sites (tertiary alicyclic amines) is 2.